The lowest BCUT2D eigenvalue weighted by molar-refractivity contribution is -0.114. The normalized spacial score (nSPS) is 12.1. The van der Waals surface area contributed by atoms with Crippen molar-refractivity contribution in [3.63, 3.8) is 0 Å². The van der Waals surface area contributed by atoms with Gasteiger partial charge in [0, 0.05) is 12.3 Å². The van der Waals surface area contributed by atoms with Gasteiger partial charge < -0.3 is 0 Å². The average molecular weight is 142 g/mol. The highest BCUT2D eigenvalue weighted by Crippen LogP contribution is 2.09. The van der Waals surface area contributed by atoms with Crippen molar-refractivity contribution < 1.29 is 4.79 Å². The van der Waals surface area contributed by atoms with E-state index in [0.717, 1.165) is 6.42 Å². The fourth-order valence-corrected chi connectivity index (χ4v) is 0.822. The zero-order valence-corrected chi connectivity index (χ0v) is 6.32. The Bertz CT molecular complexity index is 134. The van der Waals surface area contributed by atoms with Crippen LogP contribution in [0.5, 0.6) is 0 Å². The van der Waals surface area contributed by atoms with Gasteiger partial charge in [-0.15, -0.1) is 25.0 Å². The fraction of sp³-hybridized carbons (Fsp3) is 0.571. The fourth-order valence-electron chi connectivity index (χ4n) is 0.549. The third-order valence-corrected chi connectivity index (χ3v) is 1.57. The minimum absolute atomic E-state index is 0.0432. The molecule has 0 aliphatic rings. The first kappa shape index (κ1) is 8.58. The van der Waals surface area contributed by atoms with Gasteiger partial charge in [0.05, 0.1) is 0 Å². The molecule has 0 aromatic heterocycles. The molecule has 0 aromatic rings. The molecule has 0 fully saturated rings. The molecule has 0 spiro atoms. The summed E-state index contributed by atoms with van der Waals surface area (Å²) in [6, 6.07) is 0. The van der Waals surface area contributed by atoms with Gasteiger partial charge in [0.25, 0.3) is 0 Å². The van der Waals surface area contributed by atoms with E-state index in [0.29, 0.717) is 6.42 Å². The van der Waals surface area contributed by atoms with E-state index in [1.807, 2.05) is 6.92 Å². The van der Waals surface area contributed by atoms with Crippen LogP contribution in [-0.2, 0) is 4.79 Å². The molecular formula is C7H10OS. The molecule has 1 unspecified atom stereocenters. The Hall–Kier alpha value is -0.420. The van der Waals surface area contributed by atoms with Crippen LogP contribution < -0.4 is 0 Å². The van der Waals surface area contributed by atoms with Crippen molar-refractivity contribution in [2.75, 3.05) is 0 Å². The highest BCUT2D eigenvalue weighted by Gasteiger charge is 2.09. The number of thiol groups is 1. The van der Waals surface area contributed by atoms with Crippen molar-refractivity contribution in [2.24, 2.45) is 5.92 Å². The Balaban J connectivity index is 3.71. The molecule has 0 saturated heterocycles. The summed E-state index contributed by atoms with van der Waals surface area (Å²) in [5.74, 6) is 2.39. The molecule has 50 valence electrons. The third-order valence-electron chi connectivity index (χ3n) is 1.21. The summed E-state index contributed by atoms with van der Waals surface area (Å²) in [4.78, 5) is 10.5. The Kier molecular flexibility index (Phi) is 4.25. The van der Waals surface area contributed by atoms with E-state index in [2.05, 4.69) is 18.5 Å². The Labute approximate surface area is 61.2 Å². The van der Waals surface area contributed by atoms with Gasteiger partial charge in [-0.25, -0.2) is 0 Å². The largest absolute Gasteiger partial charge is 0.287 e. The van der Waals surface area contributed by atoms with E-state index in [9.17, 15) is 4.79 Å². The molecule has 0 N–H and O–H groups in total. The third kappa shape index (κ3) is 3.21. The second-order valence-electron chi connectivity index (χ2n) is 1.85. The van der Waals surface area contributed by atoms with Crippen LogP contribution in [0, 0.1) is 18.3 Å². The van der Waals surface area contributed by atoms with Gasteiger partial charge in [0.1, 0.15) is 0 Å². The molecule has 0 aliphatic carbocycles. The zero-order valence-electron chi connectivity index (χ0n) is 5.42. The molecule has 0 amide bonds. The van der Waals surface area contributed by atoms with E-state index in [1.54, 1.807) is 0 Å². The predicted molar refractivity (Wildman–Crippen MR) is 41.2 cm³/mol. The number of rotatable bonds is 3. The Morgan fingerprint density at radius 3 is 2.56 bits per heavy atom. The van der Waals surface area contributed by atoms with E-state index < -0.39 is 0 Å². The molecule has 0 aromatic carbocycles. The van der Waals surface area contributed by atoms with Crippen LogP contribution in [0.4, 0.5) is 0 Å². The maximum absolute atomic E-state index is 10.5. The molecule has 0 rings (SSSR count). The smallest absolute Gasteiger partial charge is 0.189 e. The van der Waals surface area contributed by atoms with Gasteiger partial charge in [-0.2, -0.15) is 0 Å². The van der Waals surface area contributed by atoms with Crippen molar-refractivity contribution in [3.8, 4) is 12.3 Å². The summed E-state index contributed by atoms with van der Waals surface area (Å²) in [5.41, 5.74) is 0. The highest BCUT2D eigenvalue weighted by molar-refractivity contribution is 7.96. The second-order valence-corrected chi connectivity index (χ2v) is 2.29. The van der Waals surface area contributed by atoms with E-state index in [1.165, 1.54) is 0 Å². The minimum Gasteiger partial charge on any atom is -0.287 e. The van der Waals surface area contributed by atoms with E-state index in [-0.39, 0.29) is 11.0 Å². The first-order valence-electron chi connectivity index (χ1n) is 2.88. The number of hydrogen-bond donors (Lipinski definition) is 1. The van der Waals surface area contributed by atoms with Gasteiger partial charge in [-0.05, 0) is 6.42 Å². The summed E-state index contributed by atoms with van der Waals surface area (Å²) < 4.78 is 0. The standard InChI is InChI=1S/C7H10OS/c1-3-5-6(4-2)7(8)9/h1,6H,4-5H2,2H3,(H,8,9). The Morgan fingerprint density at radius 2 is 2.44 bits per heavy atom. The number of hydrogen-bond acceptors (Lipinski definition) is 1. The van der Waals surface area contributed by atoms with Crippen LogP contribution >= 0.6 is 12.6 Å². The lowest BCUT2D eigenvalue weighted by atomic mass is 10.1. The first-order valence-corrected chi connectivity index (χ1v) is 3.33. The maximum atomic E-state index is 10.5. The number of carbonyl (C=O) groups excluding carboxylic acids is 1. The van der Waals surface area contributed by atoms with Gasteiger partial charge in [-0.1, -0.05) is 6.92 Å². The summed E-state index contributed by atoms with van der Waals surface area (Å²) in [7, 11) is 0. The van der Waals surface area contributed by atoms with Crippen LogP contribution in [-0.4, -0.2) is 5.12 Å². The first-order chi connectivity index (χ1) is 4.22. The predicted octanol–water partition coefficient (Wildman–Crippen LogP) is 1.49. The van der Waals surface area contributed by atoms with Crippen LogP contribution in [0.2, 0.25) is 0 Å². The van der Waals surface area contributed by atoms with Crippen LogP contribution in [0.15, 0.2) is 0 Å². The van der Waals surface area contributed by atoms with Gasteiger partial charge in [0.2, 0.25) is 0 Å². The molecule has 0 aliphatic heterocycles. The van der Waals surface area contributed by atoms with Crippen molar-refractivity contribution in [1.29, 1.82) is 0 Å². The second kappa shape index (κ2) is 4.46. The van der Waals surface area contributed by atoms with Gasteiger partial charge >= 0.3 is 0 Å². The van der Waals surface area contributed by atoms with E-state index >= 15 is 0 Å². The molecule has 0 saturated carbocycles. The maximum Gasteiger partial charge on any atom is 0.189 e. The van der Waals surface area contributed by atoms with Crippen LogP contribution in [0.3, 0.4) is 0 Å². The number of terminal acetylenes is 1. The quantitative estimate of drug-likeness (QED) is 0.466. The van der Waals surface area contributed by atoms with Crippen molar-refractivity contribution >= 4 is 17.7 Å². The summed E-state index contributed by atoms with van der Waals surface area (Å²) in [5, 5.41) is -0.101. The molecule has 0 heterocycles. The average Bonchev–Trinajstić information content (AvgIpc) is 1.82. The van der Waals surface area contributed by atoms with Gasteiger partial charge in [0.15, 0.2) is 5.12 Å². The number of carbonyl (C=O) groups is 1. The molecule has 2 heteroatoms. The van der Waals surface area contributed by atoms with Gasteiger partial charge in [-0.3, -0.25) is 4.79 Å². The lowest BCUT2D eigenvalue weighted by Gasteiger charge is -2.03. The topological polar surface area (TPSA) is 17.1 Å². The lowest BCUT2D eigenvalue weighted by Crippen LogP contribution is -2.05. The van der Waals surface area contributed by atoms with E-state index in [4.69, 9.17) is 6.42 Å². The van der Waals surface area contributed by atoms with Crippen LogP contribution in [0.25, 0.3) is 0 Å². The molecular weight excluding hydrogens is 132 g/mol. The minimum atomic E-state index is -0.101. The van der Waals surface area contributed by atoms with Crippen molar-refractivity contribution in [3.05, 3.63) is 0 Å². The summed E-state index contributed by atoms with van der Waals surface area (Å²) in [6.45, 7) is 1.93. The molecule has 1 atom stereocenters. The van der Waals surface area contributed by atoms with Crippen LogP contribution in [0.1, 0.15) is 19.8 Å². The SMILES string of the molecule is C#CCC(CC)C(=O)S. The molecule has 1 nitrogen and oxygen atoms in total. The monoisotopic (exact) mass is 142 g/mol. The highest BCUT2D eigenvalue weighted by atomic mass is 32.1. The Morgan fingerprint density at radius 1 is 1.89 bits per heavy atom. The summed E-state index contributed by atoms with van der Waals surface area (Å²) in [6.07, 6.45) is 6.30. The molecule has 0 radical (unpaired) electrons. The molecule has 0 bridgehead atoms. The summed E-state index contributed by atoms with van der Waals surface area (Å²) >= 11 is 3.67. The van der Waals surface area contributed by atoms with Crippen molar-refractivity contribution in [2.45, 2.75) is 19.8 Å². The molecule has 9 heavy (non-hydrogen) atoms. The zero-order chi connectivity index (χ0) is 7.28. The van der Waals surface area contributed by atoms with Crippen molar-refractivity contribution in [1.82, 2.24) is 0 Å².